The molecule has 1 aliphatic heterocycles. The number of aromatic nitrogens is 5. The van der Waals surface area contributed by atoms with Crippen LogP contribution in [-0.4, -0.2) is 67.5 Å². The fraction of sp³-hybridized carbons (Fsp3) is 0.550. The van der Waals surface area contributed by atoms with Crippen LogP contribution in [0.5, 0.6) is 0 Å². The predicted octanol–water partition coefficient (Wildman–Crippen LogP) is 2.93. The molecule has 0 saturated carbocycles. The van der Waals surface area contributed by atoms with E-state index >= 15 is 0 Å². The Morgan fingerprint density at radius 1 is 1.40 bits per heavy atom. The molecule has 9 nitrogen and oxygen atoms in total. The lowest BCUT2D eigenvalue weighted by Crippen LogP contribution is -2.44. The molecule has 30 heavy (non-hydrogen) atoms. The molecule has 3 aromatic rings. The topological polar surface area (TPSA) is 101 Å². The van der Waals surface area contributed by atoms with Crippen LogP contribution in [0.15, 0.2) is 22.7 Å². The molecule has 4 heterocycles. The van der Waals surface area contributed by atoms with E-state index in [0.29, 0.717) is 30.5 Å². The molecule has 1 atom stereocenters. The van der Waals surface area contributed by atoms with Crippen molar-refractivity contribution < 1.29 is 8.95 Å². The van der Waals surface area contributed by atoms with Crippen LogP contribution in [-0.2, 0) is 20.9 Å². The average Bonchev–Trinajstić information content (AvgIpc) is 3.28. The van der Waals surface area contributed by atoms with E-state index in [0.717, 1.165) is 35.7 Å². The first kappa shape index (κ1) is 20.8. The maximum atomic E-state index is 12.7. The number of hydrogen-bond donors (Lipinski definition) is 1. The highest BCUT2D eigenvalue weighted by Crippen LogP contribution is 2.35. The van der Waals surface area contributed by atoms with Crippen LogP contribution >= 0.6 is 0 Å². The van der Waals surface area contributed by atoms with Gasteiger partial charge < -0.3 is 9.64 Å². The van der Waals surface area contributed by atoms with Crippen molar-refractivity contribution in [1.29, 1.82) is 0 Å². The maximum absolute atomic E-state index is 12.7. The van der Waals surface area contributed by atoms with Crippen LogP contribution in [0.2, 0.25) is 0 Å². The lowest BCUT2D eigenvalue weighted by molar-refractivity contribution is 0.0985. The fourth-order valence-corrected chi connectivity index (χ4v) is 4.36. The Hall–Kier alpha value is -2.46. The Balaban J connectivity index is 2.02. The van der Waals surface area contributed by atoms with Gasteiger partial charge >= 0.3 is 0 Å². The van der Waals surface area contributed by atoms with Gasteiger partial charge in [-0.25, -0.2) is 9.19 Å². The first-order valence-corrected chi connectivity index (χ1v) is 12.5. The SMILES string of the molecule is CC(C)Cc1nn(-c2ccn[nH]2)c2nc(N3CCOC[C@H]3C)cc(N=S(C)(C)=O)c12. The monoisotopic (exact) mass is 431 g/mol. The third kappa shape index (κ3) is 4.20. The maximum Gasteiger partial charge on any atom is 0.169 e. The summed E-state index contributed by atoms with van der Waals surface area (Å²) in [6.45, 7) is 8.44. The Morgan fingerprint density at radius 3 is 2.83 bits per heavy atom. The molecule has 0 bridgehead atoms. The highest BCUT2D eigenvalue weighted by atomic mass is 32.2. The largest absolute Gasteiger partial charge is 0.377 e. The van der Waals surface area contributed by atoms with Crippen LogP contribution in [0.25, 0.3) is 16.9 Å². The highest BCUT2D eigenvalue weighted by Gasteiger charge is 2.25. The zero-order chi connectivity index (χ0) is 21.5. The number of aromatic amines is 1. The number of pyridine rings is 1. The highest BCUT2D eigenvalue weighted by molar-refractivity contribution is 7.92. The van der Waals surface area contributed by atoms with Gasteiger partial charge in [0.05, 0.1) is 42.2 Å². The van der Waals surface area contributed by atoms with Crippen molar-refractivity contribution in [3.63, 3.8) is 0 Å². The van der Waals surface area contributed by atoms with E-state index in [1.165, 1.54) is 0 Å². The summed E-state index contributed by atoms with van der Waals surface area (Å²) in [7, 11) is -2.37. The van der Waals surface area contributed by atoms with Crippen molar-refractivity contribution in [2.75, 3.05) is 37.2 Å². The molecule has 1 N–H and O–H groups in total. The molecule has 10 heteroatoms. The van der Waals surface area contributed by atoms with Crippen LogP contribution in [0.3, 0.4) is 0 Å². The van der Waals surface area contributed by atoms with Crippen molar-refractivity contribution in [2.45, 2.75) is 33.2 Å². The van der Waals surface area contributed by atoms with E-state index in [2.05, 4.69) is 40.2 Å². The minimum atomic E-state index is -2.37. The molecule has 3 aromatic heterocycles. The van der Waals surface area contributed by atoms with Crippen LogP contribution in [0.1, 0.15) is 26.5 Å². The first-order chi connectivity index (χ1) is 14.2. The van der Waals surface area contributed by atoms with Crippen molar-refractivity contribution in [3.05, 3.63) is 24.0 Å². The average molecular weight is 432 g/mol. The van der Waals surface area contributed by atoms with Gasteiger partial charge in [-0.15, -0.1) is 0 Å². The van der Waals surface area contributed by atoms with Gasteiger partial charge in [-0.3, -0.25) is 5.10 Å². The van der Waals surface area contributed by atoms with E-state index in [1.807, 2.05) is 12.1 Å². The van der Waals surface area contributed by atoms with E-state index in [1.54, 1.807) is 23.4 Å². The molecule has 1 saturated heterocycles. The summed E-state index contributed by atoms with van der Waals surface area (Å²) in [6, 6.07) is 3.99. The normalized spacial score (nSPS) is 17.8. The minimum Gasteiger partial charge on any atom is -0.377 e. The Labute approximate surface area is 177 Å². The smallest absolute Gasteiger partial charge is 0.169 e. The summed E-state index contributed by atoms with van der Waals surface area (Å²) in [5, 5.41) is 12.8. The number of nitrogens with zero attached hydrogens (tertiary/aromatic N) is 6. The Bertz CT molecular complexity index is 1150. The van der Waals surface area contributed by atoms with Crippen molar-refractivity contribution >= 4 is 32.3 Å². The van der Waals surface area contributed by atoms with Crippen molar-refractivity contribution in [3.8, 4) is 5.82 Å². The van der Waals surface area contributed by atoms with E-state index in [4.69, 9.17) is 14.8 Å². The van der Waals surface area contributed by atoms with E-state index in [9.17, 15) is 4.21 Å². The van der Waals surface area contributed by atoms with Gasteiger partial charge in [0.1, 0.15) is 5.82 Å². The third-order valence-corrected chi connectivity index (χ3v) is 5.61. The van der Waals surface area contributed by atoms with Gasteiger partial charge in [-0.2, -0.15) is 19.2 Å². The van der Waals surface area contributed by atoms with Gasteiger partial charge in [0.2, 0.25) is 0 Å². The molecule has 1 fully saturated rings. The van der Waals surface area contributed by atoms with Gasteiger partial charge in [0.25, 0.3) is 0 Å². The second-order valence-electron chi connectivity index (χ2n) is 8.49. The number of ether oxygens (including phenoxy) is 1. The summed E-state index contributed by atoms with van der Waals surface area (Å²) in [5.41, 5.74) is 2.25. The molecular weight excluding hydrogens is 402 g/mol. The zero-order valence-corrected chi connectivity index (χ0v) is 18.9. The predicted molar refractivity (Wildman–Crippen MR) is 119 cm³/mol. The van der Waals surface area contributed by atoms with Crippen molar-refractivity contribution in [2.24, 2.45) is 10.3 Å². The lowest BCUT2D eigenvalue weighted by Gasteiger charge is -2.34. The summed E-state index contributed by atoms with van der Waals surface area (Å²) >= 11 is 0. The van der Waals surface area contributed by atoms with E-state index < -0.39 is 9.73 Å². The second-order valence-corrected chi connectivity index (χ2v) is 11.0. The van der Waals surface area contributed by atoms with Gasteiger partial charge in [-0.1, -0.05) is 13.8 Å². The second kappa shape index (κ2) is 7.99. The summed E-state index contributed by atoms with van der Waals surface area (Å²) in [6.07, 6.45) is 5.76. The van der Waals surface area contributed by atoms with E-state index in [-0.39, 0.29) is 6.04 Å². The van der Waals surface area contributed by atoms with Gasteiger partial charge in [0.15, 0.2) is 11.5 Å². The number of morpholine rings is 1. The molecule has 0 aromatic carbocycles. The first-order valence-electron chi connectivity index (χ1n) is 10.2. The van der Waals surface area contributed by atoms with Crippen LogP contribution in [0, 0.1) is 5.92 Å². The Morgan fingerprint density at radius 2 is 2.20 bits per heavy atom. The number of fused-ring (bicyclic) bond motifs is 1. The lowest BCUT2D eigenvalue weighted by atomic mass is 10.1. The molecule has 4 rings (SSSR count). The van der Waals surface area contributed by atoms with Gasteiger partial charge in [0, 0.05) is 40.9 Å². The summed E-state index contributed by atoms with van der Waals surface area (Å²) in [4.78, 5) is 7.20. The fourth-order valence-electron chi connectivity index (χ4n) is 3.74. The molecule has 162 valence electrons. The van der Waals surface area contributed by atoms with Gasteiger partial charge in [-0.05, 0) is 19.3 Å². The van der Waals surface area contributed by atoms with Crippen molar-refractivity contribution in [1.82, 2.24) is 25.0 Å². The Kier molecular flexibility index (Phi) is 5.54. The molecule has 0 spiro atoms. The van der Waals surface area contributed by atoms with Crippen LogP contribution < -0.4 is 4.90 Å². The standard InChI is InChI=1S/C20H29N7O2S/c1-13(2)10-15-19-16(25-30(4,5)28)11-18(26-8-9-29-12-14(26)3)22-20(19)27(24-15)17-6-7-21-23-17/h6-7,11,13-14H,8-10,12H2,1-5H3,(H,21,23)/t14-/m1/s1. The third-order valence-electron chi connectivity index (χ3n) is 4.97. The zero-order valence-electron chi connectivity index (χ0n) is 18.1. The number of H-pyrrole nitrogens is 1. The minimum absolute atomic E-state index is 0.183. The molecular formula is C20H29N7O2S. The quantitative estimate of drug-likeness (QED) is 0.666. The number of rotatable bonds is 5. The molecule has 0 aliphatic carbocycles. The number of nitrogens with one attached hydrogen (secondary N) is 1. The van der Waals surface area contributed by atoms with Crippen LogP contribution in [0.4, 0.5) is 11.5 Å². The number of anilines is 1. The molecule has 0 radical (unpaired) electrons. The molecule has 1 aliphatic rings. The molecule has 0 amide bonds. The summed E-state index contributed by atoms with van der Waals surface area (Å²) in [5.74, 6) is 1.92. The number of hydrogen-bond acceptors (Lipinski definition) is 7. The molecule has 0 unspecified atom stereocenters. The summed E-state index contributed by atoms with van der Waals surface area (Å²) < 4.78 is 24.6.